The zero-order valence-electron chi connectivity index (χ0n) is 12.3. The molecule has 1 aromatic rings. The van der Waals surface area contributed by atoms with Gasteiger partial charge in [0.1, 0.15) is 0 Å². The number of piperazine rings is 1. The van der Waals surface area contributed by atoms with Crippen molar-refractivity contribution in [2.75, 3.05) is 31.1 Å². The van der Waals surface area contributed by atoms with Gasteiger partial charge in [-0.2, -0.15) is 10.4 Å². The number of hydrogen-bond acceptors (Lipinski definition) is 5. The summed E-state index contributed by atoms with van der Waals surface area (Å²) in [5.74, 6) is 0.930. The van der Waals surface area contributed by atoms with E-state index in [4.69, 9.17) is 5.26 Å². The quantitative estimate of drug-likeness (QED) is 0.813. The second-order valence-corrected chi connectivity index (χ2v) is 4.36. The van der Waals surface area contributed by atoms with Crippen LogP contribution in [-0.2, 0) is 0 Å². The summed E-state index contributed by atoms with van der Waals surface area (Å²) < 4.78 is 0. The molecule has 0 amide bonds. The molecule has 1 atom stereocenters. The smallest absolute Gasteiger partial charge is 0.151 e. The maximum absolute atomic E-state index is 8.87. The molecule has 0 aromatic carbocycles. The first-order valence-electron chi connectivity index (χ1n) is 6.89. The van der Waals surface area contributed by atoms with E-state index in [9.17, 15) is 0 Å². The Morgan fingerprint density at radius 2 is 1.79 bits per heavy atom. The van der Waals surface area contributed by atoms with Crippen molar-refractivity contribution in [3.63, 3.8) is 0 Å². The minimum atomic E-state index is 0.00116. The molecule has 0 spiro atoms. The van der Waals surface area contributed by atoms with E-state index in [-0.39, 0.29) is 6.04 Å². The number of aromatic nitrogens is 2. The monoisotopic (exact) mass is 261 g/mol. The van der Waals surface area contributed by atoms with E-state index < -0.39 is 0 Å². The highest BCUT2D eigenvalue weighted by molar-refractivity contribution is 5.37. The van der Waals surface area contributed by atoms with Gasteiger partial charge >= 0.3 is 0 Å². The summed E-state index contributed by atoms with van der Waals surface area (Å²) in [6.07, 6.45) is 0. The van der Waals surface area contributed by atoms with Gasteiger partial charge in [-0.1, -0.05) is 13.8 Å². The Kier molecular flexibility index (Phi) is 6.23. The lowest BCUT2D eigenvalue weighted by Crippen LogP contribution is -2.49. The first-order chi connectivity index (χ1) is 9.20. The fraction of sp³-hybridized carbons (Fsp3) is 0.643. The predicted octanol–water partition coefficient (Wildman–Crippen LogP) is 1.85. The molecule has 0 aliphatic carbocycles. The summed E-state index contributed by atoms with van der Waals surface area (Å²) in [5.41, 5.74) is 0.936. The molecule has 1 aliphatic rings. The highest BCUT2D eigenvalue weighted by Crippen LogP contribution is 2.13. The molecule has 2 rings (SSSR count). The van der Waals surface area contributed by atoms with Crippen molar-refractivity contribution in [2.45, 2.75) is 33.7 Å². The second-order valence-electron chi connectivity index (χ2n) is 4.36. The average Bonchev–Trinajstić information content (AvgIpc) is 2.49. The molecule has 1 unspecified atom stereocenters. The van der Waals surface area contributed by atoms with Crippen molar-refractivity contribution in [3.8, 4) is 6.07 Å². The lowest BCUT2D eigenvalue weighted by Gasteiger charge is -2.36. The van der Waals surface area contributed by atoms with Crippen LogP contribution in [0.1, 0.15) is 26.5 Å². The number of hydrogen-bond donors (Lipinski definition) is 0. The van der Waals surface area contributed by atoms with E-state index in [1.54, 1.807) is 0 Å². The van der Waals surface area contributed by atoms with Gasteiger partial charge in [-0.25, -0.2) is 0 Å². The fourth-order valence-electron chi connectivity index (χ4n) is 1.98. The molecule has 0 N–H and O–H groups in total. The SMILES string of the molecule is CC.Cc1ccc(N2CCN(C(C)C#N)CC2)nn1. The third kappa shape index (κ3) is 4.18. The van der Waals surface area contributed by atoms with Crippen molar-refractivity contribution in [2.24, 2.45) is 0 Å². The van der Waals surface area contributed by atoms with Crippen LogP contribution < -0.4 is 4.90 Å². The van der Waals surface area contributed by atoms with Crippen molar-refractivity contribution in [1.29, 1.82) is 5.26 Å². The van der Waals surface area contributed by atoms with Crippen LogP contribution in [-0.4, -0.2) is 47.3 Å². The van der Waals surface area contributed by atoms with Crippen LogP contribution in [0.3, 0.4) is 0 Å². The maximum atomic E-state index is 8.87. The normalized spacial score (nSPS) is 17.1. The van der Waals surface area contributed by atoms with Crippen LogP contribution >= 0.6 is 0 Å². The van der Waals surface area contributed by atoms with Gasteiger partial charge < -0.3 is 4.90 Å². The van der Waals surface area contributed by atoms with Crippen LogP contribution in [0.5, 0.6) is 0 Å². The lowest BCUT2D eigenvalue weighted by atomic mass is 10.2. The molecule has 2 heterocycles. The highest BCUT2D eigenvalue weighted by Gasteiger charge is 2.21. The lowest BCUT2D eigenvalue weighted by molar-refractivity contribution is 0.231. The Balaban J connectivity index is 0.000000861. The highest BCUT2D eigenvalue weighted by atomic mass is 15.3. The number of anilines is 1. The van der Waals surface area contributed by atoms with E-state index in [1.807, 2.05) is 39.8 Å². The fourth-order valence-corrected chi connectivity index (χ4v) is 1.98. The zero-order valence-corrected chi connectivity index (χ0v) is 12.3. The van der Waals surface area contributed by atoms with Gasteiger partial charge in [-0.05, 0) is 26.0 Å². The van der Waals surface area contributed by atoms with E-state index in [2.05, 4.69) is 26.1 Å². The summed E-state index contributed by atoms with van der Waals surface area (Å²) in [7, 11) is 0. The first kappa shape index (κ1) is 15.4. The topological polar surface area (TPSA) is 56.0 Å². The van der Waals surface area contributed by atoms with E-state index in [0.717, 1.165) is 37.7 Å². The largest absolute Gasteiger partial charge is 0.353 e. The van der Waals surface area contributed by atoms with Crippen LogP contribution in [0.2, 0.25) is 0 Å². The summed E-state index contributed by atoms with van der Waals surface area (Å²) in [4.78, 5) is 4.41. The molecule has 1 aliphatic heterocycles. The van der Waals surface area contributed by atoms with Crippen LogP contribution in [0.15, 0.2) is 12.1 Å². The van der Waals surface area contributed by atoms with Crippen molar-refractivity contribution in [1.82, 2.24) is 15.1 Å². The van der Waals surface area contributed by atoms with Crippen LogP contribution in [0.4, 0.5) is 5.82 Å². The Hall–Kier alpha value is -1.67. The Labute approximate surface area is 115 Å². The van der Waals surface area contributed by atoms with Crippen LogP contribution in [0, 0.1) is 18.3 Å². The molecule has 0 bridgehead atoms. The average molecular weight is 261 g/mol. The van der Waals surface area contributed by atoms with Gasteiger partial charge in [0.05, 0.1) is 17.8 Å². The Morgan fingerprint density at radius 3 is 2.26 bits per heavy atom. The number of nitriles is 1. The van der Waals surface area contributed by atoms with Crippen molar-refractivity contribution < 1.29 is 0 Å². The number of aryl methyl sites for hydroxylation is 1. The van der Waals surface area contributed by atoms with Gasteiger partial charge in [-0.15, -0.1) is 5.10 Å². The minimum absolute atomic E-state index is 0.00116. The summed E-state index contributed by atoms with van der Waals surface area (Å²) in [6, 6.07) is 6.26. The Bertz CT molecular complexity index is 401. The van der Waals surface area contributed by atoms with Gasteiger partial charge in [0.2, 0.25) is 0 Å². The van der Waals surface area contributed by atoms with E-state index in [0.29, 0.717) is 0 Å². The van der Waals surface area contributed by atoms with Gasteiger partial charge in [0.15, 0.2) is 5.82 Å². The number of nitrogens with zero attached hydrogens (tertiary/aromatic N) is 5. The molecule has 0 radical (unpaired) electrons. The summed E-state index contributed by atoms with van der Waals surface area (Å²) in [5, 5.41) is 17.1. The van der Waals surface area contributed by atoms with Crippen molar-refractivity contribution in [3.05, 3.63) is 17.8 Å². The third-order valence-electron chi connectivity index (χ3n) is 3.16. The van der Waals surface area contributed by atoms with E-state index >= 15 is 0 Å². The standard InChI is InChI=1S/C12H17N5.C2H6/c1-10-3-4-12(15-14-10)17-7-5-16(6-8-17)11(2)9-13;1-2/h3-4,11H,5-8H2,1-2H3;1-2H3. The molecular weight excluding hydrogens is 238 g/mol. The Morgan fingerprint density at radius 1 is 1.16 bits per heavy atom. The maximum Gasteiger partial charge on any atom is 0.151 e. The molecule has 5 nitrogen and oxygen atoms in total. The predicted molar refractivity (Wildman–Crippen MR) is 77.0 cm³/mol. The van der Waals surface area contributed by atoms with Crippen molar-refractivity contribution >= 4 is 5.82 Å². The molecule has 104 valence electrons. The number of rotatable bonds is 2. The first-order valence-corrected chi connectivity index (χ1v) is 6.89. The molecule has 0 saturated carbocycles. The van der Waals surface area contributed by atoms with Gasteiger partial charge in [0.25, 0.3) is 0 Å². The molecule has 1 aromatic heterocycles. The third-order valence-corrected chi connectivity index (χ3v) is 3.16. The van der Waals surface area contributed by atoms with Gasteiger partial charge in [-0.3, -0.25) is 4.90 Å². The minimum Gasteiger partial charge on any atom is -0.353 e. The zero-order chi connectivity index (χ0) is 14.3. The van der Waals surface area contributed by atoms with E-state index in [1.165, 1.54) is 0 Å². The molecular formula is C14H23N5. The molecule has 19 heavy (non-hydrogen) atoms. The molecule has 5 heteroatoms. The summed E-state index contributed by atoms with van der Waals surface area (Å²) in [6.45, 7) is 11.5. The molecule has 1 saturated heterocycles. The molecule has 1 fully saturated rings. The second kappa shape index (κ2) is 7.70. The van der Waals surface area contributed by atoms with Crippen LogP contribution in [0.25, 0.3) is 0 Å². The van der Waals surface area contributed by atoms with Gasteiger partial charge in [0, 0.05) is 26.2 Å². The summed E-state index contributed by atoms with van der Waals surface area (Å²) >= 11 is 0.